The summed E-state index contributed by atoms with van der Waals surface area (Å²) in [5, 5.41) is 7.49. The third-order valence-corrected chi connectivity index (χ3v) is 3.16. The van der Waals surface area contributed by atoms with E-state index < -0.39 is 47.7 Å². The lowest BCUT2D eigenvalue weighted by atomic mass is 9.82. The van der Waals surface area contributed by atoms with Crippen molar-refractivity contribution in [2.45, 2.75) is 37.5 Å². The van der Waals surface area contributed by atoms with E-state index >= 15 is 0 Å². The highest BCUT2D eigenvalue weighted by atomic mass is 35.5. The highest BCUT2D eigenvalue weighted by Gasteiger charge is 2.49. The first-order valence-corrected chi connectivity index (χ1v) is 5.58. The zero-order valence-electron chi connectivity index (χ0n) is 9.14. The van der Waals surface area contributed by atoms with Crippen molar-refractivity contribution in [3.8, 4) is 0 Å². The molecule has 0 aliphatic heterocycles. The molecule has 2 aliphatic rings. The molecule has 2 saturated carbocycles. The van der Waals surface area contributed by atoms with E-state index in [4.69, 9.17) is 16.7 Å². The SMILES string of the molecule is O=C(Cl)C1CC(F)(F)C1.O=C(O)C1CC(F)(F)C1. The molecule has 2 rings (SSSR count). The Labute approximate surface area is 105 Å². The quantitative estimate of drug-likeness (QED) is 0.628. The molecule has 0 aromatic heterocycles. The molecule has 0 heterocycles. The maximum absolute atomic E-state index is 11.9. The number of hydrogen-bond donors (Lipinski definition) is 1. The lowest BCUT2D eigenvalue weighted by Crippen LogP contribution is -2.39. The fraction of sp³-hybridized carbons (Fsp3) is 0.800. The van der Waals surface area contributed by atoms with Crippen LogP contribution in [0.4, 0.5) is 17.6 Å². The Bertz CT molecular complexity index is 309. The third kappa shape index (κ3) is 4.12. The van der Waals surface area contributed by atoms with Crippen molar-refractivity contribution in [1.29, 1.82) is 0 Å². The van der Waals surface area contributed by atoms with Crippen LogP contribution in [0.2, 0.25) is 0 Å². The van der Waals surface area contributed by atoms with Crippen LogP contribution in [0.1, 0.15) is 25.7 Å². The Balaban J connectivity index is 0.000000180. The second kappa shape index (κ2) is 5.03. The number of carbonyl (C=O) groups excluding carboxylic acids is 1. The number of rotatable bonds is 2. The smallest absolute Gasteiger partial charge is 0.306 e. The van der Waals surface area contributed by atoms with Gasteiger partial charge in [0, 0.05) is 31.6 Å². The van der Waals surface area contributed by atoms with Crippen molar-refractivity contribution in [3.05, 3.63) is 0 Å². The molecular formula is C10H11ClF4O3. The van der Waals surface area contributed by atoms with Crippen LogP contribution in [0.3, 0.4) is 0 Å². The van der Waals surface area contributed by atoms with Gasteiger partial charge < -0.3 is 5.11 Å². The molecule has 0 aromatic carbocycles. The minimum Gasteiger partial charge on any atom is -0.481 e. The Morgan fingerprint density at radius 1 is 0.944 bits per heavy atom. The van der Waals surface area contributed by atoms with Crippen molar-refractivity contribution in [3.63, 3.8) is 0 Å². The summed E-state index contributed by atoms with van der Waals surface area (Å²) in [7, 11) is 0. The zero-order chi connectivity index (χ0) is 14.1. The summed E-state index contributed by atoms with van der Waals surface area (Å²) in [4.78, 5) is 20.1. The Hall–Kier alpha value is -0.850. The maximum atomic E-state index is 11.9. The van der Waals surface area contributed by atoms with Crippen LogP contribution in [-0.2, 0) is 9.59 Å². The van der Waals surface area contributed by atoms with Crippen LogP contribution < -0.4 is 0 Å². The molecule has 0 amide bonds. The van der Waals surface area contributed by atoms with Crippen LogP contribution >= 0.6 is 11.6 Å². The first kappa shape index (κ1) is 15.2. The molecule has 2 aliphatic carbocycles. The van der Waals surface area contributed by atoms with E-state index in [0.717, 1.165) is 0 Å². The number of halogens is 5. The van der Waals surface area contributed by atoms with Gasteiger partial charge in [-0.25, -0.2) is 17.6 Å². The molecule has 0 unspecified atom stereocenters. The zero-order valence-corrected chi connectivity index (χ0v) is 9.89. The van der Waals surface area contributed by atoms with E-state index in [9.17, 15) is 27.2 Å². The first-order valence-electron chi connectivity index (χ1n) is 5.20. The second-order valence-electron chi connectivity index (χ2n) is 4.56. The average Bonchev–Trinajstić information content (AvgIpc) is 2.10. The summed E-state index contributed by atoms with van der Waals surface area (Å²) >= 11 is 4.93. The molecule has 0 aromatic rings. The van der Waals surface area contributed by atoms with E-state index in [0.29, 0.717) is 0 Å². The summed E-state index contributed by atoms with van der Waals surface area (Å²) in [5.41, 5.74) is 0. The molecular weight excluding hydrogens is 280 g/mol. The van der Waals surface area contributed by atoms with Gasteiger partial charge in [-0.15, -0.1) is 0 Å². The van der Waals surface area contributed by atoms with Crippen molar-refractivity contribution in [2.24, 2.45) is 11.8 Å². The lowest BCUT2D eigenvalue weighted by Gasteiger charge is -2.31. The van der Waals surface area contributed by atoms with Gasteiger partial charge in [0.2, 0.25) is 17.1 Å². The van der Waals surface area contributed by atoms with Gasteiger partial charge in [-0.05, 0) is 11.6 Å². The van der Waals surface area contributed by atoms with Gasteiger partial charge in [-0.1, -0.05) is 0 Å². The van der Waals surface area contributed by atoms with E-state index in [1.807, 2.05) is 0 Å². The van der Waals surface area contributed by atoms with Gasteiger partial charge in [0.25, 0.3) is 0 Å². The molecule has 18 heavy (non-hydrogen) atoms. The number of alkyl halides is 4. The molecule has 0 atom stereocenters. The summed E-state index contributed by atoms with van der Waals surface area (Å²) < 4.78 is 47.6. The van der Waals surface area contributed by atoms with E-state index in [1.54, 1.807) is 0 Å². The third-order valence-electron chi connectivity index (χ3n) is 2.85. The van der Waals surface area contributed by atoms with Gasteiger partial charge >= 0.3 is 5.97 Å². The Morgan fingerprint density at radius 3 is 1.39 bits per heavy atom. The summed E-state index contributed by atoms with van der Waals surface area (Å²) in [6.45, 7) is 0. The molecule has 3 nitrogen and oxygen atoms in total. The van der Waals surface area contributed by atoms with E-state index in [-0.39, 0.29) is 12.8 Å². The van der Waals surface area contributed by atoms with E-state index in [2.05, 4.69) is 0 Å². The molecule has 2 fully saturated rings. The number of hydrogen-bond acceptors (Lipinski definition) is 2. The first-order chi connectivity index (χ1) is 8.02. The molecule has 8 heteroatoms. The molecule has 1 N–H and O–H groups in total. The highest BCUT2D eigenvalue weighted by molar-refractivity contribution is 6.64. The predicted molar refractivity (Wildman–Crippen MR) is 53.8 cm³/mol. The summed E-state index contributed by atoms with van der Waals surface area (Å²) in [6.07, 6.45) is -1.70. The fourth-order valence-corrected chi connectivity index (χ4v) is 1.81. The molecule has 0 saturated heterocycles. The average molecular weight is 291 g/mol. The van der Waals surface area contributed by atoms with Gasteiger partial charge in [0.15, 0.2) is 0 Å². The van der Waals surface area contributed by atoms with Crippen molar-refractivity contribution >= 4 is 22.8 Å². The van der Waals surface area contributed by atoms with E-state index in [1.165, 1.54) is 0 Å². The van der Waals surface area contributed by atoms with Gasteiger partial charge in [0.05, 0.1) is 5.92 Å². The number of carboxylic acid groups (broad SMARTS) is 1. The number of carboxylic acids is 1. The highest BCUT2D eigenvalue weighted by Crippen LogP contribution is 2.43. The standard InChI is InChI=1S/C5H5ClF2O.C5H6F2O2/c6-4(9)3-1-5(7,8)2-3;6-5(7)1-3(2-5)4(8)9/h3H,1-2H2;3H,1-2H2,(H,8,9). The fourth-order valence-electron chi connectivity index (χ4n) is 1.66. The van der Waals surface area contributed by atoms with Crippen molar-refractivity contribution in [1.82, 2.24) is 0 Å². The number of aliphatic carboxylic acids is 1. The summed E-state index contributed by atoms with van der Waals surface area (Å²) in [6, 6.07) is 0. The van der Waals surface area contributed by atoms with Crippen molar-refractivity contribution in [2.75, 3.05) is 0 Å². The van der Waals surface area contributed by atoms with Gasteiger partial charge in [-0.2, -0.15) is 0 Å². The molecule has 0 radical (unpaired) electrons. The van der Waals surface area contributed by atoms with Crippen LogP contribution in [0.25, 0.3) is 0 Å². The van der Waals surface area contributed by atoms with Crippen LogP contribution in [0.5, 0.6) is 0 Å². The second-order valence-corrected chi connectivity index (χ2v) is 4.94. The topological polar surface area (TPSA) is 54.4 Å². The van der Waals surface area contributed by atoms with Gasteiger partial charge in [0.1, 0.15) is 0 Å². The minimum absolute atomic E-state index is 0.366. The van der Waals surface area contributed by atoms with Crippen molar-refractivity contribution < 1.29 is 32.3 Å². The van der Waals surface area contributed by atoms with Gasteiger partial charge in [-0.3, -0.25) is 9.59 Å². The van der Waals surface area contributed by atoms with Crippen LogP contribution in [-0.4, -0.2) is 28.2 Å². The maximum Gasteiger partial charge on any atom is 0.306 e. The molecule has 0 spiro atoms. The monoisotopic (exact) mass is 290 g/mol. The molecule has 104 valence electrons. The minimum atomic E-state index is -2.71. The Morgan fingerprint density at radius 2 is 1.28 bits per heavy atom. The lowest BCUT2D eigenvalue weighted by molar-refractivity contribution is -0.165. The van der Waals surface area contributed by atoms with Crippen LogP contribution in [0.15, 0.2) is 0 Å². The summed E-state index contributed by atoms with van der Waals surface area (Å²) in [5.74, 6) is -7.85. The van der Waals surface area contributed by atoms with Crippen LogP contribution in [0, 0.1) is 11.8 Å². The number of carbonyl (C=O) groups is 2. The largest absolute Gasteiger partial charge is 0.481 e. The predicted octanol–water partition coefficient (Wildman–Crippen LogP) is 2.91. The molecule has 0 bridgehead atoms. The Kier molecular flexibility index (Phi) is 4.25. The normalized spacial score (nSPS) is 25.2.